The lowest BCUT2D eigenvalue weighted by Crippen LogP contribution is -3.14. The fourth-order valence-electron chi connectivity index (χ4n) is 3.46. The van der Waals surface area contributed by atoms with Crippen molar-refractivity contribution >= 4 is 23.0 Å². The lowest BCUT2D eigenvalue weighted by Gasteiger charge is -2.29. The molecule has 2 aromatic rings. The van der Waals surface area contributed by atoms with Gasteiger partial charge in [-0.05, 0) is 54.9 Å². The molecule has 3 N–H and O–H groups in total. The Morgan fingerprint density at radius 1 is 1.08 bits per heavy atom. The zero-order chi connectivity index (χ0) is 18.4. The Morgan fingerprint density at radius 2 is 1.73 bits per heavy atom. The molecule has 1 saturated heterocycles. The van der Waals surface area contributed by atoms with Crippen LogP contribution in [0.5, 0.6) is 0 Å². The summed E-state index contributed by atoms with van der Waals surface area (Å²) >= 11 is 5.61. The van der Waals surface area contributed by atoms with Gasteiger partial charge in [-0.2, -0.15) is 0 Å². The maximum atomic E-state index is 5.61. The molecule has 1 aliphatic rings. The second-order valence-electron chi connectivity index (χ2n) is 7.00. The molecule has 0 saturated carbocycles. The molecule has 2 aromatic carbocycles. The van der Waals surface area contributed by atoms with Crippen molar-refractivity contribution in [2.75, 3.05) is 38.2 Å². The van der Waals surface area contributed by atoms with Crippen LogP contribution in [-0.2, 0) is 4.74 Å². The standard InChI is InChI=1S/C21H27N3OS/c1-16-12-17(2)14-19(13-16)22-21(26)23-20(18-6-4-3-5-7-18)15-24-8-10-25-11-9-24/h3-7,12-14,20H,8-11,15H2,1-2H3,(H2,22,23,26)/p+1/t20-/m1/s1. The van der Waals surface area contributed by atoms with E-state index in [1.807, 2.05) is 6.07 Å². The highest BCUT2D eigenvalue weighted by atomic mass is 32.1. The van der Waals surface area contributed by atoms with Crippen LogP contribution in [0.25, 0.3) is 0 Å². The van der Waals surface area contributed by atoms with Gasteiger partial charge in [0.05, 0.1) is 13.2 Å². The third-order valence-electron chi connectivity index (χ3n) is 4.68. The average Bonchev–Trinajstić information content (AvgIpc) is 2.62. The first kappa shape index (κ1) is 18.8. The molecule has 0 bridgehead atoms. The van der Waals surface area contributed by atoms with Crippen LogP contribution in [0.3, 0.4) is 0 Å². The largest absolute Gasteiger partial charge is 0.370 e. The number of nitrogens with one attached hydrogen (secondary N) is 3. The minimum atomic E-state index is 0.176. The second kappa shape index (κ2) is 9.12. The van der Waals surface area contributed by atoms with Gasteiger partial charge < -0.3 is 20.3 Å². The van der Waals surface area contributed by atoms with Crippen molar-refractivity contribution in [3.63, 3.8) is 0 Å². The summed E-state index contributed by atoms with van der Waals surface area (Å²) in [4.78, 5) is 1.55. The van der Waals surface area contributed by atoms with E-state index in [1.165, 1.54) is 16.7 Å². The molecule has 1 heterocycles. The lowest BCUT2D eigenvalue weighted by molar-refractivity contribution is -0.909. The number of aryl methyl sites for hydroxylation is 2. The molecule has 138 valence electrons. The molecule has 5 heteroatoms. The summed E-state index contributed by atoms with van der Waals surface area (Å²) in [5, 5.41) is 7.54. The van der Waals surface area contributed by atoms with Crippen LogP contribution in [0.4, 0.5) is 5.69 Å². The fourth-order valence-corrected chi connectivity index (χ4v) is 3.72. The number of hydrogen-bond donors (Lipinski definition) is 3. The molecule has 4 nitrogen and oxygen atoms in total. The highest BCUT2D eigenvalue weighted by Crippen LogP contribution is 2.15. The van der Waals surface area contributed by atoms with Gasteiger partial charge in [0.1, 0.15) is 25.7 Å². The molecule has 26 heavy (non-hydrogen) atoms. The van der Waals surface area contributed by atoms with Gasteiger partial charge in [-0.15, -0.1) is 0 Å². The first-order valence-electron chi connectivity index (χ1n) is 9.22. The van der Waals surface area contributed by atoms with Gasteiger partial charge in [0, 0.05) is 5.69 Å². The van der Waals surface area contributed by atoms with Crippen LogP contribution in [0.1, 0.15) is 22.7 Å². The van der Waals surface area contributed by atoms with E-state index in [2.05, 4.69) is 66.9 Å². The monoisotopic (exact) mass is 370 g/mol. The maximum absolute atomic E-state index is 5.61. The van der Waals surface area contributed by atoms with Crippen molar-refractivity contribution in [2.24, 2.45) is 0 Å². The predicted molar refractivity (Wildman–Crippen MR) is 111 cm³/mol. The van der Waals surface area contributed by atoms with E-state index in [0.717, 1.165) is 38.5 Å². The zero-order valence-electron chi connectivity index (χ0n) is 15.5. The normalized spacial score (nSPS) is 16.1. The van der Waals surface area contributed by atoms with Gasteiger partial charge in [0.2, 0.25) is 0 Å². The Balaban J connectivity index is 1.68. The van der Waals surface area contributed by atoms with Gasteiger partial charge in [-0.25, -0.2) is 0 Å². The Labute approximate surface area is 161 Å². The molecule has 1 atom stereocenters. The summed E-state index contributed by atoms with van der Waals surface area (Å²) in [6, 6.07) is 17.1. The van der Waals surface area contributed by atoms with Crippen molar-refractivity contribution < 1.29 is 9.64 Å². The van der Waals surface area contributed by atoms with E-state index in [4.69, 9.17) is 17.0 Å². The molecule has 0 aliphatic carbocycles. The quantitative estimate of drug-likeness (QED) is 0.706. The van der Waals surface area contributed by atoms with E-state index in [-0.39, 0.29) is 6.04 Å². The predicted octanol–water partition coefficient (Wildman–Crippen LogP) is 2.25. The summed E-state index contributed by atoms with van der Waals surface area (Å²) in [6.45, 7) is 8.95. The van der Waals surface area contributed by atoms with Gasteiger partial charge in [0.15, 0.2) is 5.11 Å². The molecule has 0 spiro atoms. The zero-order valence-corrected chi connectivity index (χ0v) is 16.4. The Bertz CT molecular complexity index is 709. The number of quaternary nitrogens is 1. The van der Waals surface area contributed by atoms with E-state index in [0.29, 0.717) is 5.11 Å². The van der Waals surface area contributed by atoms with Crippen molar-refractivity contribution in [2.45, 2.75) is 19.9 Å². The van der Waals surface area contributed by atoms with E-state index < -0.39 is 0 Å². The summed E-state index contributed by atoms with van der Waals surface area (Å²) < 4.78 is 5.49. The van der Waals surface area contributed by atoms with Crippen LogP contribution < -0.4 is 15.5 Å². The van der Waals surface area contributed by atoms with Crippen LogP contribution in [-0.4, -0.2) is 38.0 Å². The topological polar surface area (TPSA) is 37.7 Å². The molecular formula is C21H28N3OS+. The van der Waals surface area contributed by atoms with Crippen LogP contribution in [0.15, 0.2) is 48.5 Å². The van der Waals surface area contributed by atoms with Gasteiger partial charge in [-0.1, -0.05) is 36.4 Å². The molecule has 1 aliphatic heterocycles. The number of thiocarbonyl (C=S) groups is 1. The van der Waals surface area contributed by atoms with Crippen molar-refractivity contribution in [1.29, 1.82) is 0 Å². The Hall–Kier alpha value is -1.95. The molecular weight excluding hydrogens is 342 g/mol. The third-order valence-corrected chi connectivity index (χ3v) is 4.90. The number of benzene rings is 2. The smallest absolute Gasteiger partial charge is 0.171 e. The van der Waals surface area contributed by atoms with Gasteiger partial charge >= 0.3 is 0 Å². The first-order valence-corrected chi connectivity index (χ1v) is 9.63. The third kappa shape index (κ3) is 5.53. The van der Waals surface area contributed by atoms with Crippen molar-refractivity contribution in [3.8, 4) is 0 Å². The van der Waals surface area contributed by atoms with Crippen molar-refractivity contribution in [3.05, 3.63) is 65.2 Å². The summed E-state index contributed by atoms with van der Waals surface area (Å²) in [5.74, 6) is 0. The average molecular weight is 371 g/mol. The minimum Gasteiger partial charge on any atom is -0.370 e. The van der Waals surface area contributed by atoms with Crippen molar-refractivity contribution in [1.82, 2.24) is 5.32 Å². The molecule has 0 unspecified atom stereocenters. The molecule has 1 fully saturated rings. The highest BCUT2D eigenvalue weighted by Gasteiger charge is 2.22. The first-order chi connectivity index (χ1) is 12.6. The number of anilines is 1. The number of morpholine rings is 1. The lowest BCUT2D eigenvalue weighted by atomic mass is 10.1. The molecule has 0 amide bonds. The number of hydrogen-bond acceptors (Lipinski definition) is 2. The highest BCUT2D eigenvalue weighted by molar-refractivity contribution is 7.80. The van der Waals surface area contributed by atoms with Gasteiger partial charge in [-0.3, -0.25) is 0 Å². The minimum absolute atomic E-state index is 0.176. The summed E-state index contributed by atoms with van der Waals surface area (Å²) in [5.41, 5.74) is 4.75. The molecule has 3 rings (SSSR count). The summed E-state index contributed by atoms with van der Waals surface area (Å²) in [7, 11) is 0. The fraction of sp³-hybridized carbons (Fsp3) is 0.381. The summed E-state index contributed by atoms with van der Waals surface area (Å²) in [6.07, 6.45) is 0. The second-order valence-corrected chi connectivity index (χ2v) is 7.41. The Morgan fingerprint density at radius 3 is 2.38 bits per heavy atom. The van der Waals surface area contributed by atoms with E-state index in [9.17, 15) is 0 Å². The van der Waals surface area contributed by atoms with Crippen LogP contribution >= 0.6 is 12.2 Å². The maximum Gasteiger partial charge on any atom is 0.171 e. The van der Waals surface area contributed by atoms with E-state index >= 15 is 0 Å². The number of ether oxygens (including phenoxy) is 1. The van der Waals surface area contributed by atoms with Crippen LogP contribution in [0, 0.1) is 13.8 Å². The molecule has 0 aromatic heterocycles. The molecule has 0 radical (unpaired) electrons. The van der Waals surface area contributed by atoms with Crippen LogP contribution in [0.2, 0.25) is 0 Å². The van der Waals surface area contributed by atoms with E-state index in [1.54, 1.807) is 4.90 Å². The SMILES string of the molecule is Cc1cc(C)cc(NC(=S)N[C@H](C[NH+]2CCOCC2)c2ccccc2)c1. The Kier molecular flexibility index (Phi) is 6.61. The number of rotatable bonds is 5. The van der Waals surface area contributed by atoms with Gasteiger partial charge in [0.25, 0.3) is 0 Å².